The molecule has 176 valence electrons. The van der Waals surface area contributed by atoms with E-state index in [1.807, 2.05) is 34.9 Å². The molecule has 0 radical (unpaired) electrons. The van der Waals surface area contributed by atoms with Crippen molar-refractivity contribution in [2.24, 2.45) is 0 Å². The molecule has 2 aromatic heterocycles. The maximum Gasteiger partial charge on any atom is 0.267 e. The molecule has 0 unspecified atom stereocenters. The van der Waals surface area contributed by atoms with E-state index in [9.17, 15) is 4.79 Å². The molecular weight excluding hydrogens is 456 g/mol. The lowest BCUT2D eigenvalue weighted by atomic mass is 9.84. The van der Waals surface area contributed by atoms with Crippen LogP contribution < -0.4 is 5.56 Å². The fourth-order valence-electron chi connectivity index (χ4n) is 4.88. The summed E-state index contributed by atoms with van der Waals surface area (Å²) in [6.07, 6.45) is 4.43. The zero-order valence-electron chi connectivity index (χ0n) is 20.7. The highest BCUT2D eigenvalue weighted by Gasteiger charge is 2.23. The Morgan fingerprint density at radius 1 is 1.03 bits per heavy atom. The molecule has 0 bridgehead atoms. The van der Waals surface area contributed by atoms with E-state index in [4.69, 9.17) is 4.98 Å². The Balaban J connectivity index is 1.61. The van der Waals surface area contributed by atoms with Gasteiger partial charge in [0.05, 0.1) is 11.1 Å². The second-order valence-corrected chi connectivity index (χ2v) is 12.4. The second-order valence-electron chi connectivity index (χ2n) is 10.4. The lowest BCUT2D eigenvalue weighted by Gasteiger charge is -2.22. The summed E-state index contributed by atoms with van der Waals surface area (Å²) >= 11 is 3.40. The van der Waals surface area contributed by atoms with Gasteiger partial charge in [-0.15, -0.1) is 11.3 Å². The van der Waals surface area contributed by atoms with Gasteiger partial charge in [0.25, 0.3) is 5.56 Å². The number of benzene rings is 2. The fraction of sp³-hybridized carbons (Fsp3) is 0.379. The number of aryl methyl sites for hydroxylation is 4. The van der Waals surface area contributed by atoms with Crippen LogP contribution in [0, 0.1) is 13.8 Å². The highest BCUT2D eigenvalue weighted by Crippen LogP contribution is 2.36. The Bertz CT molecular complexity index is 1400. The van der Waals surface area contributed by atoms with Crippen LogP contribution in [0.3, 0.4) is 0 Å². The molecule has 5 rings (SSSR count). The minimum absolute atomic E-state index is 0.0784. The molecule has 0 fully saturated rings. The summed E-state index contributed by atoms with van der Waals surface area (Å²) in [4.78, 5) is 21.3. The summed E-state index contributed by atoms with van der Waals surface area (Å²) in [5.74, 6) is 0.790. The first-order valence-corrected chi connectivity index (χ1v) is 13.9. The van der Waals surface area contributed by atoms with Gasteiger partial charge in [0.1, 0.15) is 4.83 Å². The van der Waals surface area contributed by atoms with Gasteiger partial charge in [-0.3, -0.25) is 9.36 Å². The first-order chi connectivity index (χ1) is 16.2. The largest absolute Gasteiger partial charge is 0.268 e. The van der Waals surface area contributed by atoms with Crippen LogP contribution in [0.25, 0.3) is 15.9 Å². The molecule has 2 aromatic carbocycles. The molecule has 1 aliphatic carbocycles. The topological polar surface area (TPSA) is 34.9 Å². The number of hydrogen-bond acceptors (Lipinski definition) is 4. The van der Waals surface area contributed by atoms with Crippen LogP contribution in [0.5, 0.6) is 0 Å². The van der Waals surface area contributed by atoms with Crippen molar-refractivity contribution in [3.8, 4) is 5.69 Å². The molecule has 5 heteroatoms. The molecule has 0 saturated carbocycles. The average molecular weight is 489 g/mol. The van der Waals surface area contributed by atoms with E-state index in [0.29, 0.717) is 0 Å². The van der Waals surface area contributed by atoms with Crippen LogP contribution >= 0.6 is 23.1 Å². The van der Waals surface area contributed by atoms with Crippen LogP contribution in [0.4, 0.5) is 0 Å². The summed E-state index contributed by atoms with van der Waals surface area (Å²) < 4.78 is 1.84. The minimum Gasteiger partial charge on any atom is -0.268 e. The lowest BCUT2D eigenvalue weighted by Crippen LogP contribution is -2.22. The molecule has 0 amide bonds. The van der Waals surface area contributed by atoms with Crippen LogP contribution in [0.1, 0.15) is 66.3 Å². The van der Waals surface area contributed by atoms with Crippen molar-refractivity contribution in [2.45, 2.75) is 76.6 Å². The molecule has 4 aromatic rings. The summed E-state index contributed by atoms with van der Waals surface area (Å²) in [6, 6.07) is 14.6. The van der Waals surface area contributed by atoms with Gasteiger partial charge in [0, 0.05) is 10.6 Å². The van der Waals surface area contributed by atoms with Crippen molar-refractivity contribution in [3.05, 3.63) is 85.5 Å². The maximum atomic E-state index is 13.9. The Hall–Kier alpha value is -2.37. The average Bonchev–Trinajstić information content (AvgIpc) is 3.17. The van der Waals surface area contributed by atoms with Crippen LogP contribution in [-0.4, -0.2) is 9.55 Å². The van der Waals surface area contributed by atoms with Gasteiger partial charge < -0.3 is 0 Å². The van der Waals surface area contributed by atoms with Gasteiger partial charge in [-0.25, -0.2) is 4.98 Å². The summed E-state index contributed by atoms with van der Waals surface area (Å²) in [7, 11) is 0. The number of rotatable bonds is 4. The standard InChI is InChI=1S/C29H32N2OS2/c1-18-15-20(29(3,4)5)16-19(2)23(18)17-33-28-30-26-25(22-13-9-10-14-24(22)34-26)27(32)31(28)21-11-7-6-8-12-21/h6-8,11-12,15-16H,9-10,13-14,17H2,1-5H3. The quantitative estimate of drug-likeness (QED) is 0.220. The van der Waals surface area contributed by atoms with Crippen LogP contribution in [-0.2, 0) is 24.0 Å². The van der Waals surface area contributed by atoms with Crippen molar-refractivity contribution in [1.82, 2.24) is 9.55 Å². The van der Waals surface area contributed by atoms with Crippen molar-refractivity contribution in [3.63, 3.8) is 0 Å². The minimum atomic E-state index is 0.0784. The van der Waals surface area contributed by atoms with Crippen molar-refractivity contribution < 1.29 is 0 Å². The highest BCUT2D eigenvalue weighted by molar-refractivity contribution is 7.98. The van der Waals surface area contributed by atoms with E-state index in [1.165, 1.54) is 39.1 Å². The van der Waals surface area contributed by atoms with Gasteiger partial charge in [0.2, 0.25) is 0 Å². The number of para-hydroxylation sites is 1. The molecule has 3 nitrogen and oxygen atoms in total. The molecule has 0 spiro atoms. The normalized spacial score (nSPS) is 13.9. The predicted molar refractivity (Wildman–Crippen MR) is 146 cm³/mol. The smallest absolute Gasteiger partial charge is 0.267 e. The summed E-state index contributed by atoms with van der Waals surface area (Å²) in [5, 5.41) is 1.62. The van der Waals surface area contributed by atoms with E-state index in [1.54, 1.807) is 23.1 Å². The Morgan fingerprint density at radius 3 is 2.38 bits per heavy atom. The predicted octanol–water partition coefficient (Wildman–Crippen LogP) is 7.53. The molecular formula is C29H32N2OS2. The third-order valence-corrected chi connectivity index (χ3v) is 9.03. The molecule has 1 aliphatic rings. The Labute approximate surface area is 210 Å². The van der Waals surface area contributed by atoms with Gasteiger partial charge in [-0.1, -0.05) is 62.9 Å². The van der Waals surface area contributed by atoms with Crippen LogP contribution in [0.15, 0.2) is 52.4 Å². The van der Waals surface area contributed by atoms with Gasteiger partial charge in [-0.2, -0.15) is 0 Å². The van der Waals surface area contributed by atoms with Crippen LogP contribution in [0.2, 0.25) is 0 Å². The second kappa shape index (κ2) is 9.01. The molecule has 0 atom stereocenters. The number of nitrogens with zero attached hydrogens (tertiary/aromatic N) is 2. The molecule has 34 heavy (non-hydrogen) atoms. The van der Waals surface area contributed by atoms with Gasteiger partial charge >= 0.3 is 0 Å². The Morgan fingerprint density at radius 2 is 1.71 bits per heavy atom. The van der Waals surface area contributed by atoms with Crippen molar-refractivity contribution >= 4 is 33.3 Å². The number of aromatic nitrogens is 2. The van der Waals surface area contributed by atoms with Gasteiger partial charge in [0.15, 0.2) is 5.16 Å². The van der Waals surface area contributed by atoms with Crippen molar-refractivity contribution in [1.29, 1.82) is 0 Å². The molecule has 2 heterocycles. The molecule has 0 saturated heterocycles. The van der Waals surface area contributed by atoms with E-state index < -0.39 is 0 Å². The summed E-state index contributed by atoms with van der Waals surface area (Å²) in [5.41, 5.74) is 7.64. The SMILES string of the molecule is Cc1cc(C(C)(C)C)cc(C)c1CSc1nc2sc3c(c2c(=O)n1-c1ccccc1)CCCC3. The lowest BCUT2D eigenvalue weighted by molar-refractivity contribution is 0.589. The van der Waals surface area contributed by atoms with E-state index in [0.717, 1.165) is 46.1 Å². The zero-order valence-corrected chi connectivity index (χ0v) is 22.3. The highest BCUT2D eigenvalue weighted by atomic mass is 32.2. The summed E-state index contributed by atoms with van der Waals surface area (Å²) in [6.45, 7) is 11.2. The molecule has 0 N–H and O–H groups in total. The number of fused-ring (bicyclic) bond motifs is 3. The number of hydrogen-bond donors (Lipinski definition) is 0. The molecule has 0 aliphatic heterocycles. The monoisotopic (exact) mass is 488 g/mol. The van der Waals surface area contributed by atoms with E-state index in [2.05, 4.69) is 46.8 Å². The first kappa shape index (κ1) is 23.4. The maximum absolute atomic E-state index is 13.9. The number of thioether (sulfide) groups is 1. The van der Waals surface area contributed by atoms with Gasteiger partial charge in [-0.05, 0) is 84.9 Å². The fourth-order valence-corrected chi connectivity index (χ4v) is 7.39. The Kier molecular flexibility index (Phi) is 6.19. The zero-order chi connectivity index (χ0) is 24.0. The third kappa shape index (κ3) is 4.25. The van der Waals surface area contributed by atoms with E-state index in [-0.39, 0.29) is 11.0 Å². The first-order valence-electron chi connectivity index (χ1n) is 12.1. The third-order valence-electron chi connectivity index (χ3n) is 6.88. The van der Waals surface area contributed by atoms with E-state index >= 15 is 0 Å². The number of thiophene rings is 1. The van der Waals surface area contributed by atoms with Crippen molar-refractivity contribution in [2.75, 3.05) is 0 Å².